The highest BCUT2D eigenvalue weighted by molar-refractivity contribution is 5.94. The van der Waals surface area contributed by atoms with Crippen LogP contribution in [0.4, 0.5) is 0 Å². The molecule has 0 radical (unpaired) electrons. The van der Waals surface area contributed by atoms with Gasteiger partial charge in [-0.05, 0) is 49.3 Å². The van der Waals surface area contributed by atoms with Crippen molar-refractivity contribution in [1.29, 1.82) is 0 Å². The smallest absolute Gasteiger partial charge is 0.159 e. The molecule has 106 valence electrons. The summed E-state index contributed by atoms with van der Waals surface area (Å²) >= 11 is 0. The summed E-state index contributed by atoms with van der Waals surface area (Å²) in [5.41, 5.74) is 6.20. The van der Waals surface area contributed by atoms with Crippen molar-refractivity contribution < 1.29 is 4.79 Å². The molecule has 0 spiro atoms. The number of allylic oxidation sites excluding steroid dienone is 1. The van der Waals surface area contributed by atoms with Gasteiger partial charge < -0.3 is 0 Å². The van der Waals surface area contributed by atoms with Crippen LogP contribution in [-0.4, -0.2) is 5.78 Å². The van der Waals surface area contributed by atoms with Crippen molar-refractivity contribution in [2.24, 2.45) is 0 Å². The molecule has 0 atom stereocenters. The first-order valence-electron chi connectivity index (χ1n) is 7.64. The lowest BCUT2D eigenvalue weighted by molar-refractivity contribution is 0.101. The molecule has 0 aliphatic heterocycles. The van der Waals surface area contributed by atoms with Crippen LogP contribution >= 0.6 is 0 Å². The van der Waals surface area contributed by atoms with Gasteiger partial charge in [0, 0.05) is 5.56 Å². The third-order valence-corrected chi connectivity index (χ3v) is 4.20. The first kappa shape index (κ1) is 13.8. The summed E-state index contributed by atoms with van der Waals surface area (Å²) in [4.78, 5) is 11.4. The van der Waals surface area contributed by atoms with Crippen molar-refractivity contribution in [3.8, 4) is 0 Å². The third kappa shape index (κ3) is 2.97. The van der Waals surface area contributed by atoms with Gasteiger partial charge in [0.2, 0.25) is 0 Å². The number of rotatable bonds is 3. The summed E-state index contributed by atoms with van der Waals surface area (Å²) in [5, 5.41) is 0. The SMILES string of the molecule is CC(=O)c1ccc(C(=C2CCCC2)c2ccccc2)cc1. The zero-order valence-corrected chi connectivity index (χ0v) is 12.4. The zero-order chi connectivity index (χ0) is 14.7. The summed E-state index contributed by atoms with van der Waals surface area (Å²) in [6.07, 6.45) is 4.96. The van der Waals surface area contributed by atoms with Gasteiger partial charge in [-0.25, -0.2) is 0 Å². The Morgan fingerprint density at radius 1 is 0.762 bits per heavy atom. The van der Waals surface area contributed by atoms with Gasteiger partial charge in [0.15, 0.2) is 5.78 Å². The normalized spacial score (nSPS) is 14.2. The van der Waals surface area contributed by atoms with Crippen LogP contribution in [0.25, 0.3) is 5.57 Å². The molecule has 3 rings (SSSR count). The monoisotopic (exact) mass is 276 g/mol. The molecule has 0 unspecified atom stereocenters. The van der Waals surface area contributed by atoms with Crippen LogP contribution in [0.3, 0.4) is 0 Å². The lowest BCUT2D eigenvalue weighted by Crippen LogP contribution is -1.95. The number of ketones is 1. The Morgan fingerprint density at radius 3 is 1.86 bits per heavy atom. The number of carbonyl (C=O) groups is 1. The topological polar surface area (TPSA) is 17.1 Å². The lowest BCUT2D eigenvalue weighted by Gasteiger charge is -2.13. The Balaban J connectivity index is 2.08. The van der Waals surface area contributed by atoms with Crippen LogP contribution in [0.15, 0.2) is 60.2 Å². The largest absolute Gasteiger partial charge is 0.295 e. The van der Waals surface area contributed by atoms with E-state index in [2.05, 4.69) is 42.5 Å². The molecule has 1 aliphatic rings. The number of hydrogen-bond donors (Lipinski definition) is 0. The second kappa shape index (κ2) is 6.09. The maximum Gasteiger partial charge on any atom is 0.159 e. The summed E-state index contributed by atoms with van der Waals surface area (Å²) in [6.45, 7) is 1.61. The lowest BCUT2D eigenvalue weighted by atomic mass is 9.91. The second-order valence-electron chi connectivity index (χ2n) is 5.69. The van der Waals surface area contributed by atoms with Crippen molar-refractivity contribution in [2.75, 3.05) is 0 Å². The van der Waals surface area contributed by atoms with E-state index in [1.807, 2.05) is 12.1 Å². The van der Waals surface area contributed by atoms with Crippen LogP contribution in [0.2, 0.25) is 0 Å². The molecule has 1 aliphatic carbocycles. The molecule has 0 heterocycles. The highest BCUT2D eigenvalue weighted by Gasteiger charge is 2.15. The van der Waals surface area contributed by atoms with E-state index >= 15 is 0 Å². The molecular formula is C20H20O. The molecule has 0 bridgehead atoms. The van der Waals surface area contributed by atoms with Gasteiger partial charge in [0.25, 0.3) is 0 Å². The van der Waals surface area contributed by atoms with Crippen molar-refractivity contribution in [3.05, 3.63) is 76.9 Å². The Hall–Kier alpha value is -2.15. The number of Topliss-reactive ketones (excluding diaryl/α,β-unsaturated/α-hetero) is 1. The van der Waals surface area contributed by atoms with Crippen molar-refractivity contribution in [1.82, 2.24) is 0 Å². The molecule has 2 aromatic rings. The minimum Gasteiger partial charge on any atom is -0.295 e. The number of carbonyl (C=O) groups excluding carboxylic acids is 1. The molecule has 21 heavy (non-hydrogen) atoms. The standard InChI is InChI=1S/C20H20O/c1-15(21)16-11-13-19(14-12-16)20(18-9-5-6-10-18)17-7-3-2-4-8-17/h2-4,7-8,11-14H,5-6,9-10H2,1H3. The summed E-state index contributed by atoms with van der Waals surface area (Å²) in [7, 11) is 0. The second-order valence-corrected chi connectivity index (χ2v) is 5.69. The van der Waals surface area contributed by atoms with E-state index in [9.17, 15) is 4.79 Å². The Morgan fingerprint density at radius 2 is 1.29 bits per heavy atom. The maximum absolute atomic E-state index is 11.4. The van der Waals surface area contributed by atoms with Gasteiger partial charge in [0.05, 0.1) is 0 Å². The van der Waals surface area contributed by atoms with Gasteiger partial charge in [-0.15, -0.1) is 0 Å². The van der Waals surface area contributed by atoms with Crippen LogP contribution in [-0.2, 0) is 0 Å². The Bertz CT molecular complexity index is 655. The molecule has 2 aromatic carbocycles. The highest BCUT2D eigenvalue weighted by Crippen LogP contribution is 2.35. The number of hydrogen-bond acceptors (Lipinski definition) is 1. The van der Waals surface area contributed by atoms with E-state index in [1.54, 1.807) is 12.5 Å². The van der Waals surface area contributed by atoms with Gasteiger partial charge in [0.1, 0.15) is 0 Å². The third-order valence-electron chi connectivity index (χ3n) is 4.20. The maximum atomic E-state index is 11.4. The predicted octanol–water partition coefficient (Wildman–Crippen LogP) is 5.27. The van der Waals surface area contributed by atoms with Gasteiger partial charge >= 0.3 is 0 Å². The van der Waals surface area contributed by atoms with Gasteiger partial charge in [-0.3, -0.25) is 4.79 Å². The van der Waals surface area contributed by atoms with E-state index in [4.69, 9.17) is 0 Å². The van der Waals surface area contributed by atoms with Crippen LogP contribution in [0.1, 0.15) is 54.1 Å². The molecule has 1 nitrogen and oxygen atoms in total. The molecular weight excluding hydrogens is 256 g/mol. The van der Waals surface area contributed by atoms with Crippen LogP contribution in [0.5, 0.6) is 0 Å². The van der Waals surface area contributed by atoms with E-state index in [1.165, 1.54) is 42.4 Å². The molecule has 0 saturated heterocycles. The van der Waals surface area contributed by atoms with E-state index in [0.29, 0.717) is 0 Å². The average molecular weight is 276 g/mol. The fourth-order valence-electron chi connectivity index (χ4n) is 3.10. The van der Waals surface area contributed by atoms with Crippen molar-refractivity contribution in [2.45, 2.75) is 32.6 Å². The fraction of sp³-hybridized carbons (Fsp3) is 0.250. The van der Waals surface area contributed by atoms with Crippen LogP contribution < -0.4 is 0 Å². The summed E-state index contributed by atoms with van der Waals surface area (Å²) in [6, 6.07) is 18.7. The van der Waals surface area contributed by atoms with Crippen LogP contribution in [0, 0.1) is 0 Å². The van der Waals surface area contributed by atoms with E-state index < -0.39 is 0 Å². The molecule has 0 N–H and O–H groups in total. The van der Waals surface area contributed by atoms with E-state index in [-0.39, 0.29) is 5.78 Å². The number of benzene rings is 2. The molecule has 1 saturated carbocycles. The zero-order valence-electron chi connectivity index (χ0n) is 12.4. The van der Waals surface area contributed by atoms with Gasteiger partial charge in [-0.2, -0.15) is 0 Å². The Kier molecular flexibility index (Phi) is 4.01. The predicted molar refractivity (Wildman–Crippen MR) is 87.4 cm³/mol. The Labute approximate surface area is 126 Å². The highest BCUT2D eigenvalue weighted by atomic mass is 16.1. The minimum atomic E-state index is 0.122. The quantitative estimate of drug-likeness (QED) is 0.698. The van der Waals surface area contributed by atoms with Crippen molar-refractivity contribution >= 4 is 11.4 Å². The van der Waals surface area contributed by atoms with E-state index in [0.717, 1.165) is 5.56 Å². The first-order chi connectivity index (χ1) is 10.3. The fourth-order valence-corrected chi connectivity index (χ4v) is 3.10. The summed E-state index contributed by atoms with van der Waals surface area (Å²) < 4.78 is 0. The average Bonchev–Trinajstić information content (AvgIpc) is 3.03. The molecule has 0 aromatic heterocycles. The molecule has 1 heteroatoms. The summed E-state index contributed by atoms with van der Waals surface area (Å²) in [5.74, 6) is 0.122. The van der Waals surface area contributed by atoms with Gasteiger partial charge in [-0.1, -0.05) is 60.2 Å². The molecule has 0 amide bonds. The molecule has 1 fully saturated rings. The van der Waals surface area contributed by atoms with Crippen molar-refractivity contribution in [3.63, 3.8) is 0 Å². The first-order valence-corrected chi connectivity index (χ1v) is 7.64. The minimum absolute atomic E-state index is 0.122.